The van der Waals surface area contributed by atoms with Crippen LogP contribution in [-0.4, -0.2) is 88.1 Å². The smallest absolute Gasteiger partial charge is 0.822 e. The van der Waals surface area contributed by atoms with Gasteiger partial charge in [-0.05, 0) is 0 Å². The van der Waals surface area contributed by atoms with Crippen LogP contribution in [0.2, 0.25) is 0 Å². The van der Waals surface area contributed by atoms with E-state index in [-0.39, 0.29) is 80.3 Å². The minimum atomic E-state index is -5.39. The average Bonchev–Trinajstić information content (AvgIpc) is 1.41. The summed E-state index contributed by atoms with van der Waals surface area (Å²) in [6, 6.07) is 0. The molecule has 0 heterocycles. The second-order valence-electron chi connectivity index (χ2n) is 1.35. The second-order valence-corrected chi connectivity index (χ2v) is 4.04. The monoisotopic (exact) mass is 416 g/mol. The van der Waals surface area contributed by atoms with Crippen molar-refractivity contribution in [1.29, 1.82) is 0 Å². The molecule has 0 aliphatic carbocycles. The van der Waals surface area contributed by atoms with Gasteiger partial charge in [-0.15, -0.1) is 0 Å². The van der Waals surface area contributed by atoms with Gasteiger partial charge in [0.25, 0.3) is 7.82 Å². The molecule has 0 aliphatic rings. The van der Waals surface area contributed by atoms with E-state index in [1.54, 1.807) is 0 Å². The summed E-state index contributed by atoms with van der Waals surface area (Å²) in [6.45, 7) is 0. The first-order valence-electron chi connectivity index (χ1n) is 2.16. The van der Waals surface area contributed by atoms with Crippen LogP contribution in [-0.2, 0) is 39.0 Å². The zero-order valence-corrected chi connectivity index (χ0v) is 17.6. The van der Waals surface area contributed by atoms with Crippen molar-refractivity contribution >= 4 is 86.8 Å². The normalized spacial score (nSPS) is 9.78. The maximum atomic E-state index is 8.77. The molecule has 0 unspecified atom stereocenters. The maximum Gasteiger partial charge on any atom is 2.00 e. The largest absolute Gasteiger partial charge is 2.00 e. The summed E-state index contributed by atoms with van der Waals surface area (Å²) < 4.78 is 51.4. The Bertz CT molecular complexity index is 295. The van der Waals surface area contributed by atoms with Gasteiger partial charge in [0.05, 0.1) is 0 Å². The molecule has 0 radical (unpaired) electrons. The molecule has 0 aromatic rings. The van der Waals surface area contributed by atoms with E-state index in [0.29, 0.717) is 0 Å². The molecule has 0 saturated heterocycles. The minimum absolute atomic E-state index is 0. The molecule has 0 fully saturated rings. The van der Waals surface area contributed by atoms with Crippen LogP contribution in [0.15, 0.2) is 0 Å². The molecule has 0 aromatic heterocycles. The van der Waals surface area contributed by atoms with Crippen molar-refractivity contribution in [3.8, 4) is 0 Å². The van der Waals surface area contributed by atoms with Crippen molar-refractivity contribution in [3.05, 3.63) is 0 Å². The summed E-state index contributed by atoms with van der Waals surface area (Å²) in [4.78, 5) is 48.6. The topological polar surface area (TPSA) is 247 Å². The van der Waals surface area contributed by atoms with Crippen LogP contribution in [0, 0.1) is 0 Å². The number of rotatable bonds is 0. The van der Waals surface area contributed by atoms with Gasteiger partial charge >= 0.3 is 80.3 Å². The predicted molar refractivity (Wildman–Crippen MR) is 41.6 cm³/mol. The van der Waals surface area contributed by atoms with Crippen LogP contribution >= 0.6 is 15.6 Å². The fourth-order valence-corrected chi connectivity index (χ4v) is 0. The molecule has 12 nitrogen and oxygen atoms in total. The Morgan fingerprint density at radius 3 is 0.889 bits per heavy atom. The summed E-state index contributed by atoms with van der Waals surface area (Å²) in [7, 11) is -15.4. The standard InChI is InChI=1S/Ca.Mg.2H3O4P.H2O4S.Zn/c;;3*1-5(2,3)4;/h;;2*(H3,1,2,3,4);(H2,1,2,3,4);/q2*+2;;;;+2/p-6. The number of hydrogen-bond acceptors (Lipinski definition) is 10. The van der Waals surface area contributed by atoms with E-state index in [4.69, 9.17) is 56.0 Å². The van der Waals surface area contributed by atoms with Crippen LogP contribution in [0.25, 0.3) is 0 Å². The summed E-state index contributed by atoms with van der Waals surface area (Å²) in [5.74, 6) is 0. The van der Waals surface area contributed by atoms with Gasteiger partial charge in [-0.3, -0.25) is 13.0 Å². The molecular weight excluding hydrogens is 416 g/mol. The van der Waals surface area contributed by atoms with E-state index in [1.165, 1.54) is 0 Å². The van der Waals surface area contributed by atoms with Crippen LogP contribution < -0.4 is 19.6 Å². The fraction of sp³-hybridized carbons (Fsp3) is 0. The molecule has 0 spiro atoms. The van der Waals surface area contributed by atoms with Crippen molar-refractivity contribution in [2.45, 2.75) is 0 Å². The SMILES string of the molecule is O=P([O-])(O)O.O=P([O-])([O-])[O-].O=S(=O)([O-])[O-].[Ca+2].[Mg+2].[Zn+2]. The van der Waals surface area contributed by atoms with Crippen LogP contribution in [0.4, 0.5) is 0 Å². The second kappa shape index (κ2) is 16.1. The third-order valence-corrected chi connectivity index (χ3v) is 0. The van der Waals surface area contributed by atoms with E-state index >= 15 is 0 Å². The number of phosphoric acid groups is 2. The molecule has 0 rings (SSSR count). The van der Waals surface area contributed by atoms with Gasteiger partial charge in [0.1, 0.15) is 0 Å². The van der Waals surface area contributed by atoms with Gasteiger partial charge in [-0.25, -0.2) is 0 Å². The summed E-state index contributed by atoms with van der Waals surface area (Å²) in [6.07, 6.45) is 0. The third-order valence-electron chi connectivity index (χ3n) is 0. The zero-order chi connectivity index (χ0) is 13.5. The number of hydrogen-bond donors (Lipinski definition) is 2. The van der Waals surface area contributed by atoms with Crippen LogP contribution in [0.1, 0.15) is 0 Å². The zero-order valence-electron chi connectivity index (χ0n) is 8.40. The Labute approximate surface area is 160 Å². The Hall–Kier alpha value is 2.74. The maximum absolute atomic E-state index is 8.77. The molecule has 96 valence electrons. The Morgan fingerprint density at radius 1 is 0.889 bits per heavy atom. The Kier molecular flexibility index (Phi) is 33.3. The van der Waals surface area contributed by atoms with Gasteiger partial charge in [0.15, 0.2) is 0 Å². The van der Waals surface area contributed by atoms with E-state index in [2.05, 4.69) is 0 Å². The average molecular weight is 418 g/mol. The molecule has 0 atom stereocenters. The molecule has 0 aromatic carbocycles. The minimum Gasteiger partial charge on any atom is -0.822 e. The van der Waals surface area contributed by atoms with Gasteiger partial charge in [-0.1, -0.05) is 0 Å². The molecule has 2 N–H and O–H groups in total. The molecule has 0 amide bonds. The molecule has 0 bridgehead atoms. The van der Waals surface area contributed by atoms with E-state index in [0.717, 1.165) is 0 Å². The van der Waals surface area contributed by atoms with Gasteiger partial charge in [0.2, 0.25) is 0 Å². The van der Waals surface area contributed by atoms with Crippen molar-refractivity contribution in [1.82, 2.24) is 0 Å². The summed E-state index contributed by atoms with van der Waals surface area (Å²) in [5.41, 5.74) is 0. The van der Waals surface area contributed by atoms with Crippen LogP contribution in [0.5, 0.6) is 0 Å². The van der Waals surface area contributed by atoms with Crippen molar-refractivity contribution in [2.75, 3.05) is 0 Å². The molecule has 0 saturated carbocycles. The summed E-state index contributed by atoms with van der Waals surface area (Å²) in [5, 5.41) is 0. The van der Waals surface area contributed by atoms with Gasteiger partial charge in [-0.2, -0.15) is 7.82 Å². The van der Waals surface area contributed by atoms with Crippen LogP contribution in [0.3, 0.4) is 0 Å². The summed E-state index contributed by atoms with van der Waals surface area (Å²) >= 11 is 0. The first kappa shape index (κ1) is 37.2. The van der Waals surface area contributed by atoms with E-state index in [1.807, 2.05) is 0 Å². The van der Waals surface area contributed by atoms with Gasteiger partial charge < -0.3 is 43.0 Å². The van der Waals surface area contributed by atoms with Gasteiger partial charge in [0, 0.05) is 10.4 Å². The third kappa shape index (κ3) is 786. The van der Waals surface area contributed by atoms with Crippen molar-refractivity contribution in [2.24, 2.45) is 0 Å². The van der Waals surface area contributed by atoms with Crippen molar-refractivity contribution < 1.29 is 75.5 Å². The van der Waals surface area contributed by atoms with E-state index < -0.39 is 26.0 Å². The first-order valence-corrected chi connectivity index (χ1v) is 6.49. The van der Waals surface area contributed by atoms with E-state index in [9.17, 15) is 0 Å². The van der Waals surface area contributed by atoms with Crippen molar-refractivity contribution in [3.63, 3.8) is 0 Å². The molecule has 0 aliphatic heterocycles. The molecule has 18 heteroatoms. The predicted octanol–water partition coefficient (Wildman–Crippen LogP) is -6.49. The molecular formula is H2CaMgO12P2SZn. The quantitative estimate of drug-likeness (QED) is 0.161. The fourth-order valence-electron chi connectivity index (χ4n) is 0. The Balaban J connectivity index is -0.0000000277. The Morgan fingerprint density at radius 2 is 0.889 bits per heavy atom. The molecule has 18 heavy (non-hydrogen) atoms. The first-order chi connectivity index (χ1) is 6.00.